The first-order valence-electron chi connectivity index (χ1n) is 5.22. The molecule has 0 aliphatic rings. The summed E-state index contributed by atoms with van der Waals surface area (Å²) in [6, 6.07) is 5.55. The number of amides is 1. The fourth-order valence-corrected chi connectivity index (χ4v) is 1.44. The lowest BCUT2D eigenvalue weighted by molar-refractivity contribution is -0.385. The van der Waals surface area contributed by atoms with E-state index in [4.69, 9.17) is 11.6 Å². The van der Waals surface area contributed by atoms with Gasteiger partial charge in [-0.25, -0.2) is 4.39 Å². The molecule has 1 N–H and O–H groups in total. The Morgan fingerprint density at radius 3 is 2.60 bits per heavy atom. The minimum atomic E-state index is -0.922. The van der Waals surface area contributed by atoms with Crippen LogP contribution < -0.4 is 5.32 Å². The Labute approximate surface area is 116 Å². The Bertz CT molecular complexity index is 678. The molecule has 1 amide bonds. The molecule has 2 rings (SSSR count). The summed E-state index contributed by atoms with van der Waals surface area (Å²) >= 11 is 5.52. The monoisotopic (exact) mass is 296 g/mol. The molecule has 0 saturated carbocycles. The zero-order valence-corrected chi connectivity index (χ0v) is 10.5. The van der Waals surface area contributed by atoms with Crippen LogP contribution in [0.2, 0.25) is 5.15 Å². The van der Waals surface area contributed by atoms with E-state index in [1.54, 1.807) is 0 Å². The fourth-order valence-electron chi connectivity index (χ4n) is 1.34. The number of non-ortho nitro benzene ring substituents is 1. The van der Waals surface area contributed by atoms with Crippen molar-refractivity contribution >= 4 is 28.9 Å². The second-order valence-electron chi connectivity index (χ2n) is 3.62. The van der Waals surface area contributed by atoms with Crippen molar-refractivity contribution < 1.29 is 14.1 Å². The minimum Gasteiger partial charge on any atom is -0.318 e. The van der Waals surface area contributed by atoms with Gasteiger partial charge in [-0.05, 0) is 18.2 Å². The van der Waals surface area contributed by atoms with Gasteiger partial charge in [-0.1, -0.05) is 11.6 Å². The molecule has 0 unspecified atom stereocenters. The van der Waals surface area contributed by atoms with Gasteiger partial charge in [0.2, 0.25) is 0 Å². The van der Waals surface area contributed by atoms with E-state index >= 15 is 0 Å². The summed E-state index contributed by atoms with van der Waals surface area (Å²) in [7, 11) is 0. The van der Waals surface area contributed by atoms with E-state index in [0.717, 1.165) is 12.1 Å². The van der Waals surface area contributed by atoms with Crippen molar-refractivity contribution in [1.29, 1.82) is 0 Å². The fraction of sp³-hybridized carbons (Fsp3) is 0. The molecule has 9 heteroatoms. The summed E-state index contributed by atoms with van der Waals surface area (Å²) < 4.78 is 13.6. The Hall–Kier alpha value is -2.61. The molecular formula is C11H6ClFN4O3. The summed E-state index contributed by atoms with van der Waals surface area (Å²) in [6.45, 7) is 0. The minimum absolute atomic E-state index is 0.0628. The number of hydrogen-bond acceptors (Lipinski definition) is 5. The number of aromatic nitrogens is 2. The highest BCUT2D eigenvalue weighted by Gasteiger charge is 2.14. The number of benzene rings is 1. The molecule has 0 fully saturated rings. The van der Waals surface area contributed by atoms with Crippen LogP contribution in [-0.4, -0.2) is 21.0 Å². The standard InChI is InChI=1S/C11H6ClFN4O3/c12-10-4-3-9(15-16-10)11(18)14-8-2-1-6(17(19)20)5-7(8)13/h1-5H,(H,14,18). The lowest BCUT2D eigenvalue weighted by Gasteiger charge is -2.05. The number of carbonyl (C=O) groups excluding carboxylic acids is 1. The van der Waals surface area contributed by atoms with Gasteiger partial charge in [0, 0.05) is 6.07 Å². The number of nitro benzene ring substituents is 1. The highest BCUT2D eigenvalue weighted by molar-refractivity contribution is 6.29. The number of nitrogens with zero attached hydrogens (tertiary/aromatic N) is 3. The maximum Gasteiger partial charge on any atom is 0.276 e. The van der Waals surface area contributed by atoms with E-state index in [9.17, 15) is 19.3 Å². The number of hydrogen-bond donors (Lipinski definition) is 1. The first kappa shape index (κ1) is 13.8. The third-order valence-electron chi connectivity index (χ3n) is 2.28. The van der Waals surface area contributed by atoms with Crippen LogP contribution >= 0.6 is 11.6 Å². The quantitative estimate of drug-likeness (QED) is 0.693. The summed E-state index contributed by atoms with van der Waals surface area (Å²) in [5, 5.41) is 19.8. The van der Waals surface area contributed by atoms with Gasteiger partial charge < -0.3 is 5.32 Å². The lowest BCUT2D eigenvalue weighted by atomic mass is 10.2. The summed E-state index contributed by atoms with van der Waals surface area (Å²) in [5.74, 6) is -1.63. The SMILES string of the molecule is O=C(Nc1ccc([N+](=O)[O-])cc1F)c1ccc(Cl)nn1. The van der Waals surface area contributed by atoms with Crippen molar-refractivity contribution in [2.24, 2.45) is 0 Å². The van der Waals surface area contributed by atoms with Crippen LogP contribution in [0.4, 0.5) is 15.8 Å². The predicted molar refractivity (Wildman–Crippen MR) is 68.0 cm³/mol. The third kappa shape index (κ3) is 3.04. The van der Waals surface area contributed by atoms with E-state index in [2.05, 4.69) is 15.5 Å². The lowest BCUT2D eigenvalue weighted by Crippen LogP contribution is -2.15. The Kier molecular flexibility index (Phi) is 3.85. The Morgan fingerprint density at radius 2 is 2.05 bits per heavy atom. The van der Waals surface area contributed by atoms with Crippen LogP contribution in [0.3, 0.4) is 0 Å². The number of anilines is 1. The van der Waals surface area contributed by atoms with Crippen LogP contribution in [0.1, 0.15) is 10.5 Å². The molecule has 0 saturated heterocycles. The maximum absolute atomic E-state index is 13.6. The van der Waals surface area contributed by atoms with Gasteiger partial charge in [-0.2, -0.15) is 0 Å². The number of rotatable bonds is 3. The molecular weight excluding hydrogens is 291 g/mol. The molecule has 0 bridgehead atoms. The maximum atomic E-state index is 13.6. The molecule has 102 valence electrons. The van der Waals surface area contributed by atoms with Gasteiger partial charge in [0.15, 0.2) is 16.7 Å². The molecule has 1 heterocycles. The second-order valence-corrected chi connectivity index (χ2v) is 4.00. The van der Waals surface area contributed by atoms with E-state index in [0.29, 0.717) is 6.07 Å². The number of halogens is 2. The Morgan fingerprint density at radius 1 is 1.30 bits per heavy atom. The molecule has 0 aliphatic heterocycles. The first-order chi connectivity index (χ1) is 9.47. The molecule has 0 atom stereocenters. The molecule has 2 aromatic rings. The van der Waals surface area contributed by atoms with Gasteiger partial charge in [-0.3, -0.25) is 14.9 Å². The Balaban J connectivity index is 2.19. The van der Waals surface area contributed by atoms with Crippen molar-refractivity contribution in [3.63, 3.8) is 0 Å². The molecule has 0 radical (unpaired) electrons. The van der Waals surface area contributed by atoms with E-state index in [-0.39, 0.29) is 16.5 Å². The molecule has 1 aromatic carbocycles. The molecule has 20 heavy (non-hydrogen) atoms. The van der Waals surface area contributed by atoms with Crippen molar-refractivity contribution in [3.05, 3.63) is 57.1 Å². The molecule has 0 spiro atoms. The zero-order valence-electron chi connectivity index (χ0n) is 9.71. The average molecular weight is 297 g/mol. The molecule has 1 aromatic heterocycles. The topological polar surface area (TPSA) is 98.0 Å². The van der Waals surface area contributed by atoms with Crippen LogP contribution in [0.25, 0.3) is 0 Å². The number of nitrogens with one attached hydrogen (secondary N) is 1. The summed E-state index contributed by atoms with van der Waals surface area (Å²) in [5.41, 5.74) is -0.670. The highest BCUT2D eigenvalue weighted by Crippen LogP contribution is 2.20. The normalized spacial score (nSPS) is 10.1. The number of carbonyl (C=O) groups is 1. The third-order valence-corrected chi connectivity index (χ3v) is 2.48. The van der Waals surface area contributed by atoms with Crippen LogP contribution in [0.15, 0.2) is 30.3 Å². The highest BCUT2D eigenvalue weighted by atomic mass is 35.5. The van der Waals surface area contributed by atoms with Crippen LogP contribution in [0.5, 0.6) is 0 Å². The second kappa shape index (κ2) is 5.57. The van der Waals surface area contributed by atoms with Gasteiger partial charge in [0.05, 0.1) is 16.7 Å². The first-order valence-corrected chi connectivity index (χ1v) is 5.59. The van der Waals surface area contributed by atoms with Crippen molar-refractivity contribution in [2.75, 3.05) is 5.32 Å². The summed E-state index contributed by atoms with van der Waals surface area (Å²) in [4.78, 5) is 21.5. The van der Waals surface area contributed by atoms with Crippen LogP contribution in [0, 0.1) is 15.9 Å². The van der Waals surface area contributed by atoms with E-state index in [1.165, 1.54) is 12.1 Å². The largest absolute Gasteiger partial charge is 0.318 e. The van der Waals surface area contributed by atoms with Crippen LogP contribution in [-0.2, 0) is 0 Å². The molecule has 7 nitrogen and oxygen atoms in total. The van der Waals surface area contributed by atoms with E-state index < -0.39 is 22.3 Å². The van der Waals surface area contributed by atoms with Gasteiger partial charge in [0.1, 0.15) is 0 Å². The van der Waals surface area contributed by atoms with E-state index in [1.807, 2.05) is 0 Å². The molecule has 0 aliphatic carbocycles. The average Bonchev–Trinajstić information content (AvgIpc) is 2.41. The van der Waals surface area contributed by atoms with Crippen molar-refractivity contribution in [2.45, 2.75) is 0 Å². The van der Waals surface area contributed by atoms with Crippen molar-refractivity contribution in [3.8, 4) is 0 Å². The van der Waals surface area contributed by atoms with Gasteiger partial charge in [0.25, 0.3) is 11.6 Å². The van der Waals surface area contributed by atoms with Gasteiger partial charge in [-0.15, -0.1) is 10.2 Å². The van der Waals surface area contributed by atoms with Gasteiger partial charge >= 0.3 is 0 Å². The summed E-state index contributed by atoms with van der Waals surface area (Å²) in [6.07, 6.45) is 0. The predicted octanol–water partition coefficient (Wildman–Crippen LogP) is 2.43. The number of nitro groups is 1. The zero-order chi connectivity index (χ0) is 14.7. The van der Waals surface area contributed by atoms with Crippen molar-refractivity contribution in [1.82, 2.24) is 10.2 Å². The smallest absolute Gasteiger partial charge is 0.276 e.